The van der Waals surface area contributed by atoms with Crippen molar-refractivity contribution in [1.82, 2.24) is 0 Å². The third kappa shape index (κ3) is 2.53. The molecule has 3 heteroatoms. The van der Waals surface area contributed by atoms with Gasteiger partial charge in [-0.25, -0.2) is 0 Å². The van der Waals surface area contributed by atoms with Crippen molar-refractivity contribution in [2.75, 3.05) is 0 Å². The minimum absolute atomic E-state index is 0.0970. The maximum Gasteiger partial charge on any atom is 0.0454 e. The topological polar surface area (TPSA) is 26.0 Å². The van der Waals surface area contributed by atoms with Gasteiger partial charge < -0.3 is 5.73 Å². The first-order valence-corrected chi connectivity index (χ1v) is 8.53. The predicted molar refractivity (Wildman–Crippen MR) is 91.0 cm³/mol. The number of aryl methyl sites for hydroxylation is 3. The standard InChI is InChI=1S/C17H19NS2/c1-10-6-11(2)13(12(3)7-10)8-14(18)16-9-17-15(20-16)4-5-19-17/h4-7,9,14H,8,18H2,1-3H3. The molecule has 3 rings (SSSR count). The van der Waals surface area contributed by atoms with Gasteiger partial charge in [-0.15, -0.1) is 22.7 Å². The second-order valence-corrected chi connectivity index (χ2v) is 7.55. The number of hydrogen-bond acceptors (Lipinski definition) is 3. The number of rotatable bonds is 3. The Hall–Kier alpha value is -1.16. The summed E-state index contributed by atoms with van der Waals surface area (Å²) in [5.41, 5.74) is 11.9. The van der Waals surface area contributed by atoms with Crippen LogP contribution in [0.25, 0.3) is 9.40 Å². The van der Waals surface area contributed by atoms with E-state index in [0.717, 1.165) is 6.42 Å². The molecule has 0 radical (unpaired) electrons. The number of hydrogen-bond donors (Lipinski definition) is 1. The van der Waals surface area contributed by atoms with Gasteiger partial charge in [0, 0.05) is 20.3 Å². The molecule has 0 amide bonds. The Morgan fingerprint density at radius 2 is 1.75 bits per heavy atom. The molecule has 3 aromatic rings. The fourth-order valence-electron chi connectivity index (χ4n) is 2.82. The van der Waals surface area contributed by atoms with Crippen LogP contribution in [0, 0.1) is 20.8 Å². The van der Waals surface area contributed by atoms with Crippen LogP contribution in [0.4, 0.5) is 0 Å². The molecule has 0 saturated heterocycles. The van der Waals surface area contributed by atoms with Gasteiger partial charge in [-0.3, -0.25) is 0 Å². The minimum Gasteiger partial charge on any atom is -0.323 e. The van der Waals surface area contributed by atoms with Gasteiger partial charge >= 0.3 is 0 Å². The lowest BCUT2D eigenvalue weighted by Crippen LogP contribution is -2.13. The van der Waals surface area contributed by atoms with Crippen LogP contribution in [0.1, 0.15) is 33.2 Å². The van der Waals surface area contributed by atoms with Crippen molar-refractivity contribution in [2.45, 2.75) is 33.2 Å². The van der Waals surface area contributed by atoms with Gasteiger partial charge in [0.15, 0.2) is 0 Å². The van der Waals surface area contributed by atoms with Gasteiger partial charge in [0.2, 0.25) is 0 Å². The van der Waals surface area contributed by atoms with E-state index < -0.39 is 0 Å². The Labute approximate surface area is 128 Å². The zero-order chi connectivity index (χ0) is 14.3. The van der Waals surface area contributed by atoms with Crippen LogP contribution in [0.3, 0.4) is 0 Å². The second-order valence-electron chi connectivity index (χ2n) is 5.49. The van der Waals surface area contributed by atoms with E-state index in [1.807, 2.05) is 11.3 Å². The predicted octanol–water partition coefficient (Wildman–Crippen LogP) is 5.13. The average Bonchev–Trinajstić information content (AvgIpc) is 2.93. The maximum atomic E-state index is 6.44. The van der Waals surface area contributed by atoms with Gasteiger partial charge in [0.25, 0.3) is 0 Å². The van der Waals surface area contributed by atoms with Crippen molar-refractivity contribution in [3.8, 4) is 0 Å². The van der Waals surface area contributed by atoms with Crippen LogP contribution in [0.15, 0.2) is 29.6 Å². The molecule has 20 heavy (non-hydrogen) atoms. The fourth-order valence-corrected chi connectivity index (χ4v) is 4.94. The Kier molecular flexibility index (Phi) is 3.67. The molecule has 0 bridgehead atoms. The van der Waals surface area contributed by atoms with Crippen molar-refractivity contribution in [2.24, 2.45) is 5.73 Å². The molecule has 0 aliphatic rings. The molecule has 1 aromatic carbocycles. The summed E-state index contributed by atoms with van der Waals surface area (Å²) >= 11 is 3.63. The van der Waals surface area contributed by atoms with Gasteiger partial charge in [0.1, 0.15) is 0 Å². The number of nitrogens with two attached hydrogens (primary N) is 1. The van der Waals surface area contributed by atoms with Crippen molar-refractivity contribution >= 4 is 32.1 Å². The summed E-state index contributed by atoms with van der Waals surface area (Å²) in [6, 6.07) is 9.04. The smallest absolute Gasteiger partial charge is 0.0454 e. The number of fused-ring (bicyclic) bond motifs is 1. The van der Waals surface area contributed by atoms with Crippen LogP contribution in [-0.2, 0) is 6.42 Å². The highest BCUT2D eigenvalue weighted by atomic mass is 32.1. The molecule has 0 fully saturated rings. The van der Waals surface area contributed by atoms with E-state index in [1.54, 1.807) is 11.3 Å². The summed E-state index contributed by atoms with van der Waals surface area (Å²) in [7, 11) is 0. The van der Waals surface area contributed by atoms with Crippen molar-refractivity contribution < 1.29 is 0 Å². The second kappa shape index (κ2) is 5.32. The Bertz CT molecular complexity index is 700. The Balaban J connectivity index is 1.89. The quantitative estimate of drug-likeness (QED) is 0.713. The third-order valence-corrected chi connectivity index (χ3v) is 6.01. The molecule has 0 aliphatic carbocycles. The summed E-state index contributed by atoms with van der Waals surface area (Å²) in [6.07, 6.45) is 0.922. The SMILES string of the molecule is Cc1cc(C)c(CC(N)c2cc3sccc3s2)c(C)c1. The van der Waals surface area contributed by atoms with E-state index in [0.29, 0.717) is 0 Å². The highest BCUT2D eigenvalue weighted by molar-refractivity contribution is 7.26. The fraction of sp³-hybridized carbons (Fsp3) is 0.294. The molecular weight excluding hydrogens is 282 g/mol. The summed E-state index contributed by atoms with van der Waals surface area (Å²) < 4.78 is 2.72. The molecule has 104 valence electrons. The molecule has 2 heterocycles. The van der Waals surface area contributed by atoms with Crippen LogP contribution in [-0.4, -0.2) is 0 Å². The summed E-state index contributed by atoms with van der Waals surface area (Å²) in [6.45, 7) is 6.53. The van der Waals surface area contributed by atoms with Crippen LogP contribution < -0.4 is 5.73 Å². The summed E-state index contributed by atoms with van der Waals surface area (Å²) in [5, 5.41) is 2.14. The third-order valence-electron chi connectivity index (χ3n) is 3.79. The molecular formula is C17H19NS2. The molecule has 0 aliphatic heterocycles. The van der Waals surface area contributed by atoms with Gasteiger partial charge in [-0.2, -0.15) is 0 Å². The van der Waals surface area contributed by atoms with E-state index in [-0.39, 0.29) is 6.04 Å². The maximum absolute atomic E-state index is 6.44. The Morgan fingerprint density at radius 1 is 1.05 bits per heavy atom. The highest BCUT2D eigenvalue weighted by Gasteiger charge is 2.14. The minimum atomic E-state index is 0.0970. The zero-order valence-corrected chi connectivity index (χ0v) is 13.7. The molecule has 1 unspecified atom stereocenters. The van der Waals surface area contributed by atoms with Crippen molar-refractivity contribution in [3.63, 3.8) is 0 Å². The van der Waals surface area contributed by atoms with Crippen LogP contribution >= 0.6 is 22.7 Å². The average molecular weight is 301 g/mol. The molecule has 2 aromatic heterocycles. The van der Waals surface area contributed by atoms with Gasteiger partial charge in [-0.1, -0.05) is 17.7 Å². The van der Waals surface area contributed by atoms with Gasteiger partial charge in [-0.05, 0) is 61.4 Å². The summed E-state index contributed by atoms with van der Waals surface area (Å²) in [5.74, 6) is 0. The van der Waals surface area contributed by atoms with Gasteiger partial charge in [0.05, 0.1) is 0 Å². The highest BCUT2D eigenvalue weighted by Crippen LogP contribution is 2.34. The molecule has 0 spiro atoms. The van der Waals surface area contributed by atoms with E-state index in [1.165, 1.54) is 36.5 Å². The zero-order valence-electron chi connectivity index (χ0n) is 12.1. The lowest BCUT2D eigenvalue weighted by molar-refractivity contribution is 0.730. The first-order valence-electron chi connectivity index (χ1n) is 6.84. The van der Waals surface area contributed by atoms with Crippen molar-refractivity contribution in [1.29, 1.82) is 0 Å². The first-order chi connectivity index (χ1) is 9.54. The van der Waals surface area contributed by atoms with Crippen molar-refractivity contribution in [3.05, 3.63) is 56.8 Å². The monoisotopic (exact) mass is 301 g/mol. The Morgan fingerprint density at radius 3 is 2.40 bits per heavy atom. The largest absolute Gasteiger partial charge is 0.323 e. The molecule has 0 saturated carbocycles. The lowest BCUT2D eigenvalue weighted by atomic mass is 9.94. The lowest BCUT2D eigenvalue weighted by Gasteiger charge is -2.15. The molecule has 1 nitrogen and oxygen atoms in total. The number of thiophene rings is 2. The normalized spacial score (nSPS) is 13.0. The van der Waals surface area contributed by atoms with E-state index >= 15 is 0 Å². The van der Waals surface area contributed by atoms with Crippen LogP contribution in [0.5, 0.6) is 0 Å². The van der Waals surface area contributed by atoms with Crippen LogP contribution in [0.2, 0.25) is 0 Å². The number of benzene rings is 1. The van der Waals surface area contributed by atoms with E-state index in [9.17, 15) is 0 Å². The molecule has 2 N–H and O–H groups in total. The summed E-state index contributed by atoms with van der Waals surface area (Å²) in [4.78, 5) is 1.30. The molecule has 1 atom stereocenters. The van der Waals surface area contributed by atoms with E-state index in [2.05, 4.69) is 50.4 Å². The first kappa shape index (κ1) is 13.8. The van der Waals surface area contributed by atoms with E-state index in [4.69, 9.17) is 5.73 Å².